The molecule has 0 atom stereocenters. The van der Waals surface area contributed by atoms with E-state index in [1.54, 1.807) is 0 Å². The molecule has 0 saturated heterocycles. The number of nitrogens with two attached hydrogens (primary N) is 4. The van der Waals surface area contributed by atoms with Crippen LogP contribution in [0.25, 0.3) is 0 Å². The molecule has 11 nitrogen and oxygen atoms in total. The first kappa shape index (κ1) is 19.6. The van der Waals surface area contributed by atoms with Gasteiger partial charge in [0.25, 0.3) is 5.91 Å². The summed E-state index contributed by atoms with van der Waals surface area (Å²) in [4.78, 5) is 26.6. The largest absolute Gasteiger partial charge is 0.382 e. The van der Waals surface area contributed by atoms with Gasteiger partial charge in [0.15, 0.2) is 34.1 Å². The molecule has 142 valence electrons. The van der Waals surface area contributed by atoms with Crippen molar-refractivity contribution in [3.05, 3.63) is 40.7 Å². The molecule has 0 saturated carbocycles. The van der Waals surface area contributed by atoms with Crippen molar-refractivity contribution in [1.29, 1.82) is 0 Å². The molecule has 0 radical (unpaired) electrons. The number of benzene rings is 1. The maximum Gasteiger partial charge on any atom is 0.292 e. The molecule has 27 heavy (non-hydrogen) atoms. The first-order valence-corrected chi connectivity index (χ1v) is 7.33. The van der Waals surface area contributed by atoms with Gasteiger partial charge in [0, 0.05) is 6.07 Å². The average Bonchev–Trinajstić information content (AvgIpc) is 2.59. The van der Waals surface area contributed by atoms with Crippen molar-refractivity contribution in [2.24, 2.45) is 21.5 Å². The molecule has 1 aromatic heterocycles. The molecule has 0 aliphatic heterocycles. The zero-order valence-electron chi connectivity index (χ0n) is 13.4. The standard InChI is InChI=1S/C13H13ClF2N10O/c14-8-10(18)23-9(17)7(22-8)11(27)25-26-13(20)24-12(19)21-4-1-2-5(15)6(16)3-4/h1-3H,(H,25,27)(H4,17,18,23)(H5,19,20,21,24,26). The molecule has 0 bridgehead atoms. The van der Waals surface area contributed by atoms with E-state index in [1.807, 2.05) is 0 Å². The van der Waals surface area contributed by atoms with Gasteiger partial charge >= 0.3 is 0 Å². The van der Waals surface area contributed by atoms with Crippen LogP contribution in [0.2, 0.25) is 5.15 Å². The lowest BCUT2D eigenvalue weighted by Crippen LogP contribution is -2.46. The predicted octanol–water partition coefficient (Wildman–Crippen LogP) is -0.232. The van der Waals surface area contributed by atoms with Gasteiger partial charge in [-0.25, -0.2) is 23.7 Å². The Kier molecular flexibility index (Phi) is 5.87. The van der Waals surface area contributed by atoms with Crippen molar-refractivity contribution in [1.82, 2.24) is 20.8 Å². The van der Waals surface area contributed by atoms with Crippen molar-refractivity contribution >= 4 is 46.8 Å². The van der Waals surface area contributed by atoms with E-state index in [2.05, 4.69) is 30.8 Å². The summed E-state index contributed by atoms with van der Waals surface area (Å²) < 4.78 is 26.0. The molecule has 0 spiro atoms. The number of nitrogens with one attached hydrogen (secondary N) is 2. The van der Waals surface area contributed by atoms with Crippen LogP contribution in [0.15, 0.2) is 28.2 Å². The van der Waals surface area contributed by atoms with Crippen LogP contribution in [0.4, 0.5) is 26.1 Å². The number of carbonyl (C=O) groups is 1. The number of hydrogen-bond acceptors (Lipinski definition) is 6. The van der Waals surface area contributed by atoms with E-state index in [0.29, 0.717) is 0 Å². The van der Waals surface area contributed by atoms with Crippen LogP contribution in [-0.2, 0) is 0 Å². The van der Waals surface area contributed by atoms with Gasteiger partial charge in [-0.1, -0.05) is 11.6 Å². The minimum Gasteiger partial charge on any atom is -0.382 e. The number of nitrogen functional groups attached to an aromatic ring is 2. The average molecular weight is 399 g/mol. The van der Waals surface area contributed by atoms with Gasteiger partial charge in [-0.2, -0.15) is 4.99 Å². The third-order valence-corrected chi connectivity index (χ3v) is 3.08. The smallest absolute Gasteiger partial charge is 0.292 e. The maximum atomic E-state index is 13.1. The zero-order chi connectivity index (χ0) is 20.1. The summed E-state index contributed by atoms with van der Waals surface area (Å²) in [7, 11) is 0. The quantitative estimate of drug-likeness (QED) is 0.226. The fraction of sp³-hybridized carbons (Fsp3) is 0. The van der Waals surface area contributed by atoms with Gasteiger partial charge in [0.2, 0.25) is 11.9 Å². The van der Waals surface area contributed by atoms with E-state index in [-0.39, 0.29) is 34.1 Å². The Hall–Kier alpha value is -3.74. The summed E-state index contributed by atoms with van der Waals surface area (Å²) in [5.41, 5.74) is 26.0. The molecular weight excluding hydrogens is 386 g/mol. The molecule has 0 aliphatic carbocycles. The van der Waals surface area contributed by atoms with Crippen molar-refractivity contribution in [3.8, 4) is 0 Å². The monoisotopic (exact) mass is 398 g/mol. The van der Waals surface area contributed by atoms with E-state index in [1.165, 1.54) is 6.07 Å². The number of rotatable bonds is 2. The van der Waals surface area contributed by atoms with E-state index in [9.17, 15) is 13.6 Å². The van der Waals surface area contributed by atoms with Crippen molar-refractivity contribution in [2.75, 3.05) is 11.5 Å². The Labute approximate surface area is 155 Å². The molecule has 0 unspecified atom stereocenters. The van der Waals surface area contributed by atoms with Gasteiger partial charge in [-0.05, 0) is 12.1 Å². The molecular formula is C13H13ClF2N10O. The minimum atomic E-state index is -1.10. The highest BCUT2D eigenvalue weighted by atomic mass is 35.5. The number of aromatic nitrogens is 2. The number of aliphatic imine (C=N–C) groups is 2. The lowest BCUT2D eigenvalue weighted by molar-refractivity contribution is 0.0939. The van der Waals surface area contributed by atoms with Crippen LogP contribution in [0.5, 0.6) is 0 Å². The molecule has 1 amide bonds. The number of nitrogens with zero attached hydrogens (tertiary/aromatic N) is 4. The van der Waals surface area contributed by atoms with Gasteiger partial charge in [-0.15, -0.1) is 0 Å². The van der Waals surface area contributed by atoms with Crippen molar-refractivity contribution in [2.45, 2.75) is 0 Å². The zero-order valence-corrected chi connectivity index (χ0v) is 14.1. The molecule has 2 rings (SSSR count). The third-order valence-electron chi connectivity index (χ3n) is 2.81. The van der Waals surface area contributed by atoms with Crippen LogP contribution < -0.4 is 33.8 Å². The summed E-state index contributed by atoms with van der Waals surface area (Å²) in [5, 5.41) is -0.209. The summed E-state index contributed by atoms with van der Waals surface area (Å²) in [6.45, 7) is 0. The van der Waals surface area contributed by atoms with Gasteiger partial charge in [0.1, 0.15) is 0 Å². The number of hydrazine groups is 1. The predicted molar refractivity (Wildman–Crippen MR) is 95.7 cm³/mol. The number of carbonyl (C=O) groups excluding carboxylic acids is 1. The highest BCUT2D eigenvalue weighted by Gasteiger charge is 2.15. The Morgan fingerprint density at radius 1 is 1.07 bits per heavy atom. The number of anilines is 2. The highest BCUT2D eigenvalue weighted by molar-refractivity contribution is 6.31. The van der Waals surface area contributed by atoms with Crippen molar-refractivity contribution < 1.29 is 13.6 Å². The lowest BCUT2D eigenvalue weighted by atomic mass is 10.3. The Morgan fingerprint density at radius 2 is 1.78 bits per heavy atom. The first-order chi connectivity index (χ1) is 12.7. The molecule has 1 heterocycles. The van der Waals surface area contributed by atoms with Crippen LogP contribution in [0, 0.1) is 11.6 Å². The second-order valence-corrected chi connectivity index (χ2v) is 5.14. The minimum absolute atomic E-state index is 0.00606. The second kappa shape index (κ2) is 8.09. The van der Waals surface area contributed by atoms with Crippen molar-refractivity contribution in [3.63, 3.8) is 0 Å². The van der Waals surface area contributed by atoms with Crippen LogP contribution in [0.1, 0.15) is 10.5 Å². The van der Waals surface area contributed by atoms with Crippen LogP contribution in [0.3, 0.4) is 0 Å². The summed E-state index contributed by atoms with van der Waals surface area (Å²) >= 11 is 5.67. The Morgan fingerprint density at radius 3 is 2.44 bits per heavy atom. The van der Waals surface area contributed by atoms with Crippen LogP contribution in [-0.4, -0.2) is 27.8 Å². The van der Waals surface area contributed by atoms with Gasteiger partial charge in [-0.3, -0.25) is 15.6 Å². The number of amides is 1. The second-order valence-electron chi connectivity index (χ2n) is 4.78. The lowest BCUT2D eigenvalue weighted by Gasteiger charge is -2.09. The maximum absolute atomic E-state index is 13.1. The molecule has 0 fully saturated rings. The molecule has 10 N–H and O–H groups in total. The van der Waals surface area contributed by atoms with E-state index in [0.717, 1.165) is 12.1 Å². The fourth-order valence-corrected chi connectivity index (χ4v) is 1.78. The summed E-state index contributed by atoms with van der Waals surface area (Å²) in [6, 6.07) is 2.87. The number of guanidine groups is 2. The highest BCUT2D eigenvalue weighted by Crippen LogP contribution is 2.17. The SMILES string of the molecule is NC(=Nc1ccc(F)c(F)c1)/N=C(\N)NNC(=O)c1nc(Cl)c(N)nc1N. The van der Waals surface area contributed by atoms with E-state index >= 15 is 0 Å². The Bertz CT molecular complexity index is 949. The molecule has 0 aliphatic rings. The van der Waals surface area contributed by atoms with Gasteiger partial charge < -0.3 is 22.9 Å². The molecule has 1 aromatic carbocycles. The first-order valence-electron chi connectivity index (χ1n) is 6.95. The van der Waals surface area contributed by atoms with Crippen LogP contribution >= 0.6 is 11.6 Å². The molecule has 14 heteroatoms. The number of hydrogen-bond donors (Lipinski definition) is 6. The Balaban J connectivity index is 2.04. The fourth-order valence-electron chi connectivity index (χ4n) is 1.65. The normalized spacial score (nSPS) is 12.0. The summed E-state index contributed by atoms with van der Waals surface area (Å²) in [5.74, 6) is -4.14. The molecule has 2 aromatic rings. The van der Waals surface area contributed by atoms with E-state index < -0.39 is 23.5 Å². The van der Waals surface area contributed by atoms with Gasteiger partial charge in [0.05, 0.1) is 5.69 Å². The number of halogens is 3. The van der Waals surface area contributed by atoms with E-state index in [4.69, 9.17) is 34.5 Å². The third kappa shape index (κ3) is 5.12. The topological polar surface area (TPSA) is 196 Å². The summed E-state index contributed by atoms with van der Waals surface area (Å²) in [6.07, 6.45) is 0.